The highest BCUT2D eigenvalue weighted by Gasteiger charge is 2.10. The Kier molecular flexibility index (Phi) is 2.00. The quantitative estimate of drug-likeness (QED) is 0.660. The van der Waals surface area contributed by atoms with Crippen molar-refractivity contribution >= 4 is 28.2 Å². The Balaban J connectivity index is 2.62. The van der Waals surface area contributed by atoms with Crippen molar-refractivity contribution in [2.75, 3.05) is 0 Å². The van der Waals surface area contributed by atoms with Gasteiger partial charge in [-0.25, -0.2) is 9.78 Å². The van der Waals surface area contributed by atoms with Crippen molar-refractivity contribution < 1.29 is 0 Å². The number of aromatic nitrogens is 4. The molecule has 0 spiro atoms. The van der Waals surface area contributed by atoms with Crippen molar-refractivity contribution in [1.82, 2.24) is 19.6 Å². The fourth-order valence-corrected chi connectivity index (χ4v) is 2.03. The molecule has 0 fully saturated rings. The standard InChI is InChI=1S/C11H9ClN4O/c1-5-3-9-7(4-8(5)12)10-13-6(2)15-16(10)11(17)14-9/h3-4H,1-2H3,(H,14,17). The van der Waals surface area contributed by atoms with E-state index >= 15 is 0 Å². The van der Waals surface area contributed by atoms with Gasteiger partial charge < -0.3 is 4.98 Å². The molecule has 0 saturated heterocycles. The first-order chi connectivity index (χ1) is 8.06. The summed E-state index contributed by atoms with van der Waals surface area (Å²) in [6.07, 6.45) is 0. The summed E-state index contributed by atoms with van der Waals surface area (Å²) in [5, 5.41) is 5.47. The number of aromatic amines is 1. The van der Waals surface area contributed by atoms with Gasteiger partial charge >= 0.3 is 5.69 Å². The number of rotatable bonds is 0. The summed E-state index contributed by atoms with van der Waals surface area (Å²) in [6, 6.07) is 3.63. The number of hydrogen-bond donors (Lipinski definition) is 1. The Morgan fingerprint density at radius 3 is 2.88 bits per heavy atom. The van der Waals surface area contributed by atoms with Crippen LogP contribution in [0.25, 0.3) is 16.6 Å². The van der Waals surface area contributed by atoms with Gasteiger partial charge in [0.15, 0.2) is 5.65 Å². The first kappa shape index (κ1) is 10.3. The van der Waals surface area contributed by atoms with Crippen LogP contribution in [-0.4, -0.2) is 19.6 Å². The first-order valence-electron chi connectivity index (χ1n) is 5.12. The van der Waals surface area contributed by atoms with E-state index in [1.54, 1.807) is 13.0 Å². The summed E-state index contributed by atoms with van der Waals surface area (Å²) in [7, 11) is 0. The number of nitrogens with zero attached hydrogens (tertiary/aromatic N) is 3. The van der Waals surface area contributed by atoms with Gasteiger partial charge in [0.1, 0.15) is 5.82 Å². The maximum atomic E-state index is 11.8. The van der Waals surface area contributed by atoms with Gasteiger partial charge in [0.05, 0.1) is 5.52 Å². The lowest BCUT2D eigenvalue weighted by molar-refractivity contribution is 0.863. The lowest BCUT2D eigenvalue weighted by Crippen LogP contribution is -2.17. The van der Waals surface area contributed by atoms with Gasteiger partial charge in [0, 0.05) is 10.4 Å². The molecule has 0 bridgehead atoms. The highest BCUT2D eigenvalue weighted by Crippen LogP contribution is 2.23. The first-order valence-corrected chi connectivity index (χ1v) is 5.49. The van der Waals surface area contributed by atoms with Gasteiger partial charge in [-0.1, -0.05) is 11.6 Å². The van der Waals surface area contributed by atoms with Crippen molar-refractivity contribution in [3.05, 3.63) is 39.0 Å². The van der Waals surface area contributed by atoms with Gasteiger partial charge in [-0.2, -0.15) is 4.52 Å². The van der Waals surface area contributed by atoms with E-state index in [1.165, 1.54) is 4.52 Å². The van der Waals surface area contributed by atoms with Crippen LogP contribution in [0, 0.1) is 13.8 Å². The molecular formula is C11H9ClN4O. The molecular weight excluding hydrogens is 240 g/mol. The minimum absolute atomic E-state index is 0.296. The van der Waals surface area contributed by atoms with Crippen molar-refractivity contribution in [2.24, 2.45) is 0 Å². The van der Waals surface area contributed by atoms with Gasteiger partial charge in [0.2, 0.25) is 0 Å². The van der Waals surface area contributed by atoms with Crippen LogP contribution in [0.3, 0.4) is 0 Å². The summed E-state index contributed by atoms with van der Waals surface area (Å²) in [6.45, 7) is 3.63. The molecule has 0 aliphatic rings. The highest BCUT2D eigenvalue weighted by atomic mass is 35.5. The zero-order valence-electron chi connectivity index (χ0n) is 9.28. The van der Waals surface area contributed by atoms with E-state index in [4.69, 9.17) is 11.6 Å². The van der Waals surface area contributed by atoms with E-state index in [0.29, 0.717) is 16.5 Å². The van der Waals surface area contributed by atoms with Crippen molar-refractivity contribution in [1.29, 1.82) is 0 Å². The van der Waals surface area contributed by atoms with Crippen molar-refractivity contribution in [3.8, 4) is 0 Å². The third-order valence-electron chi connectivity index (χ3n) is 2.69. The second kappa shape index (κ2) is 3.30. The average Bonchev–Trinajstić information content (AvgIpc) is 2.64. The monoisotopic (exact) mass is 248 g/mol. The molecule has 5 nitrogen and oxygen atoms in total. The third kappa shape index (κ3) is 1.43. The van der Waals surface area contributed by atoms with Crippen LogP contribution in [0.5, 0.6) is 0 Å². The van der Waals surface area contributed by atoms with Gasteiger partial charge in [-0.05, 0) is 31.5 Å². The van der Waals surface area contributed by atoms with Crippen LogP contribution < -0.4 is 5.69 Å². The molecule has 3 rings (SSSR count). The van der Waals surface area contributed by atoms with Crippen LogP contribution in [0.15, 0.2) is 16.9 Å². The molecule has 6 heteroatoms. The van der Waals surface area contributed by atoms with E-state index in [9.17, 15) is 4.79 Å². The lowest BCUT2D eigenvalue weighted by Gasteiger charge is -2.02. The van der Waals surface area contributed by atoms with E-state index in [2.05, 4.69) is 15.1 Å². The fourth-order valence-electron chi connectivity index (χ4n) is 1.87. The van der Waals surface area contributed by atoms with Crippen LogP contribution in [-0.2, 0) is 0 Å². The molecule has 0 radical (unpaired) electrons. The molecule has 0 unspecified atom stereocenters. The Morgan fingerprint density at radius 1 is 1.35 bits per heavy atom. The molecule has 1 N–H and O–H groups in total. The second-order valence-electron chi connectivity index (χ2n) is 3.97. The highest BCUT2D eigenvalue weighted by molar-refractivity contribution is 6.32. The predicted octanol–water partition coefficient (Wildman–Crippen LogP) is 1.84. The number of fused-ring (bicyclic) bond motifs is 3. The summed E-state index contributed by atoms with van der Waals surface area (Å²) >= 11 is 6.09. The molecule has 0 atom stereocenters. The zero-order chi connectivity index (χ0) is 12.2. The number of hydrogen-bond acceptors (Lipinski definition) is 3. The minimum atomic E-state index is -0.296. The number of H-pyrrole nitrogens is 1. The van der Waals surface area contributed by atoms with Gasteiger partial charge in [0.25, 0.3) is 0 Å². The van der Waals surface area contributed by atoms with E-state index in [-0.39, 0.29) is 5.69 Å². The zero-order valence-corrected chi connectivity index (χ0v) is 10.0. The van der Waals surface area contributed by atoms with Crippen molar-refractivity contribution in [2.45, 2.75) is 13.8 Å². The normalized spacial score (nSPS) is 11.5. The maximum absolute atomic E-state index is 11.8. The third-order valence-corrected chi connectivity index (χ3v) is 3.09. The van der Waals surface area contributed by atoms with E-state index < -0.39 is 0 Å². The lowest BCUT2D eigenvalue weighted by atomic mass is 10.2. The molecule has 86 valence electrons. The van der Waals surface area contributed by atoms with Crippen LogP contribution in [0.2, 0.25) is 5.02 Å². The van der Waals surface area contributed by atoms with Crippen LogP contribution >= 0.6 is 11.6 Å². The van der Waals surface area contributed by atoms with Crippen LogP contribution in [0.1, 0.15) is 11.4 Å². The van der Waals surface area contributed by atoms with Gasteiger partial charge in [-0.3, -0.25) is 0 Å². The fraction of sp³-hybridized carbons (Fsp3) is 0.182. The summed E-state index contributed by atoms with van der Waals surface area (Å²) in [4.78, 5) is 18.8. The largest absolute Gasteiger partial charge is 0.348 e. The maximum Gasteiger partial charge on any atom is 0.348 e. The van der Waals surface area contributed by atoms with Gasteiger partial charge in [-0.15, -0.1) is 5.10 Å². The molecule has 17 heavy (non-hydrogen) atoms. The molecule has 2 heterocycles. The Bertz CT molecular complexity index is 802. The van der Waals surface area contributed by atoms with E-state index in [0.717, 1.165) is 16.5 Å². The number of nitrogens with one attached hydrogen (secondary N) is 1. The smallest absolute Gasteiger partial charge is 0.305 e. The SMILES string of the molecule is Cc1nc2c3cc(Cl)c(C)cc3[nH]c(=O)n2n1. The van der Waals surface area contributed by atoms with Crippen LogP contribution in [0.4, 0.5) is 0 Å². The molecule has 1 aromatic carbocycles. The summed E-state index contributed by atoms with van der Waals surface area (Å²) < 4.78 is 1.25. The molecule has 0 aliphatic heterocycles. The number of aryl methyl sites for hydroxylation is 2. The molecule has 0 aliphatic carbocycles. The summed E-state index contributed by atoms with van der Waals surface area (Å²) in [5.74, 6) is 0.555. The average molecular weight is 249 g/mol. The summed E-state index contributed by atoms with van der Waals surface area (Å²) in [5.41, 5.74) is 1.87. The topological polar surface area (TPSA) is 63.0 Å². The second-order valence-corrected chi connectivity index (χ2v) is 4.38. The molecule has 3 aromatic rings. The number of halogens is 1. The van der Waals surface area contributed by atoms with E-state index in [1.807, 2.05) is 13.0 Å². The Labute approximate surface area is 101 Å². The molecule has 0 saturated carbocycles. The predicted molar refractivity (Wildman–Crippen MR) is 65.6 cm³/mol. The molecule has 2 aromatic heterocycles. The molecule has 0 amide bonds. The van der Waals surface area contributed by atoms with Crippen molar-refractivity contribution in [3.63, 3.8) is 0 Å². The Morgan fingerprint density at radius 2 is 2.12 bits per heavy atom. The minimum Gasteiger partial charge on any atom is -0.305 e. The Hall–Kier alpha value is -1.88. The number of benzene rings is 1.